The average Bonchev–Trinajstić information content (AvgIpc) is 2.96. The van der Waals surface area contributed by atoms with Gasteiger partial charge in [0.1, 0.15) is 5.52 Å². The van der Waals surface area contributed by atoms with Crippen LogP contribution >= 0.6 is 0 Å². The fraction of sp³-hybridized carbons (Fsp3) is 0. The zero-order valence-electron chi connectivity index (χ0n) is 10.2. The van der Waals surface area contributed by atoms with E-state index < -0.39 is 0 Å². The van der Waals surface area contributed by atoms with Crippen LogP contribution in [0.2, 0.25) is 0 Å². The molecule has 3 aromatic carbocycles. The van der Waals surface area contributed by atoms with Gasteiger partial charge in [-0.15, -0.1) is 0 Å². The Balaban J connectivity index is 2.19. The molecule has 19 heavy (non-hydrogen) atoms. The van der Waals surface area contributed by atoms with Gasteiger partial charge in [-0.1, -0.05) is 54.6 Å². The molecular weight excluding hydrogens is 234 g/mol. The van der Waals surface area contributed by atoms with Gasteiger partial charge in [-0.3, -0.25) is 0 Å². The van der Waals surface area contributed by atoms with Crippen molar-refractivity contribution in [1.29, 1.82) is 0 Å². The quantitative estimate of drug-likeness (QED) is 0.488. The maximum Gasteiger partial charge on any atom is 0.182 e. The molecule has 4 rings (SSSR count). The fourth-order valence-corrected chi connectivity index (χ4v) is 2.55. The number of benzene rings is 3. The SMILES string of the molecule is c1ccc(-c2cc3ocnc3c3ccccc23)cc1. The van der Waals surface area contributed by atoms with Gasteiger partial charge in [0.25, 0.3) is 0 Å². The summed E-state index contributed by atoms with van der Waals surface area (Å²) in [7, 11) is 0. The summed E-state index contributed by atoms with van der Waals surface area (Å²) >= 11 is 0. The van der Waals surface area contributed by atoms with Crippen molar-refractivity contribution in [2.75, 3.05) is 0 Å². The molecule has 0 fully saturated rings. The lowest BCUT2D eigenvalue weighted by molar-refractivity contribution is 0.602. The van der Waals surface area contributed by atoms with Gasteiger partial charge in [0.05, 0.1) is 0 Å². The number of rotatable bonds is 1. The molecule has 1 heterocycles. The average molecular weight is 245 g/mol. The lowest BCUT2D eigenvalue weighted by Crippen LogP contribution is -1.82. The molecule has 4 aromatic rings. The summed E-state index contributed by atoms with van der Waals surface area (Å²) in [4.78, 5) is 4.31. The molecule has 0 unspecified atom stereocenters. The van der Waals surface area contributed by atoms with Crippen LogP contribution in [-0.4, -0.2) is 4.98 Å². The van der Waals surface area contributed by atoms with Crippen LogP contribution in [0.3, 0.4) is 0 Å². The first-order chi connectivity index (χ1) is 9.43. The molecular formula is C17H11NO. The van der Waals surface area contributed by atoms with Crippen LogP contribution in [-0.2, 0) is 0 Å². The van der Waals surface area contributed by atoms with Crippen molar-refractivity contribution in [3.63, 3.8) is 0 Å². The molecule has 2 heteroatoms. The Morgan fingerprint density at radius 2 is 1.53 bits per heavy atom. The summed E-state index contributed by atoms with van der Waals surface area (Å²) in [5, 5.41) is 2.34. The van der Waals surface area contributed by atoms with Gasteiger partial charge in [0.2, 0.25) is 0 Å². The van der Waals surface area contributed by atoms with Crippen molar-refractivity contribution in [1.82, 2.24) is 4.98 Å². The third kappa shape index (κ3) is 1.54. The highest BCUT2D eigenvalue weighted by Crippen LogP contribution is 2.33. The Morgan fingerprint density at radius 3 is 2.37 bits per heavy atom. The number of hydrogen-bond donors (Lipinski definition) is 0. The third-order valence-electron chi connectivity index (χ3n) is 3.43. The van der Waals surface area contributed by atoms with Gasteiger partial charge < -0.3 is 4.42 Å². The number of hydrogen-bond acceptors (Lipinski definition) is 2. The standard InChI is InChI=1S/C17H11NO/c1-2-6-12(7-3-1)15-10-16-17(18-11-19-16)14-9-5-4-8-13(14)15/h1-11H. The molecule has 0 aliphatic heterocycles. The zero-order valence-corrected chi connectivity index (χ0v) is 10.2. The second-order valence-electron chi connectivity index (χ2n) is 4.53. The van der Waals surface area contributed by atoms with Crippen LogP contribution in [0.5, 0.6) is 0 Å². The van der Waals surface area contributed by atoms with Crippen molar-refractivity contribution in [2.45, 2.75) is 0 Å². The minimum absolute atomic E-state index is 0.831. The number of nitrogens with zero attached hydrogens (tertiary/aromatic N) is 1. The first-order valence-electron chi connectivity index (χ1n) is 6.24. The molecule has 0 radical (unpaired) electrons. The molecule has 0 saturated carbocycles. The molecule has 0 atom stereocenters. The second kappa shape index (κ2) is 3.95. The predicted molar refractivity (Wildman–Crippen MR) is 77.0 cm³/mol. The van der Waals surface area contributed by atoms with Crippen LogP contribution in [0, 0.1) is 0 Å². The fourth-order valence-electron chi connectivity index (χ4n) is 2.55. The van der Waals surface area contributed by atoms with Crippen molar-refractivity contribution in [3.05, 3.63) is 67.1 Å². The third-order valence-corrected chi connectivity index (χ3v) is 3.43. The van der Waals surface area contributed by atoms with Crippen LogP contribution in [0.25, 0.3) is 33.0 Å². The second-order valence-corrected chi connectivity index (χ2v) is 4.53. The van der Waals surface area contributed by atoms with E-state index in [0.29, 0.717) is 0 Å². The summed E-state index contributed by atoms with van der Waals surface area (Å²) < 4.78 is 5.48. The number of oxazole rings is 1. The lowest BCUT2D eigenvalue weighted by atomic mass is 9.97. The summed E-state index contributed by atoms with van der Waals surface area (Å²) in [5.41, 5.74) is 4.13. The van der Waals surface area contributed by atoms with Crippen molar-refractivity contribution < 1.29 is 4.42 Å². The zero-order chi connectivity index (χ0) is 12.7. The van der Waals surface area contributed by atoms with Gasteiger partial charge >= 0.3 is 0 Å². The van der Waals surface area contributed by atoms with Crippen LogP contribution in [0.4, 0.5) is 0 Å². The van der Waals surface area contributed by atoms with Gasteiger partial charge in [-0.2, -0.15) is 0 Å². The van der Waals surface area contributed by atoms with E-state index in [4.69, 9.17) is 4.42 Å². The van der Waals surface area contributed by atoms with E-state index in [2.05, 4.69) is 53.5 Å². The molecule has 90 valence electrons. The molecule has 0 saturated heterocycles. The monoisotopic (exact) mass is 245 g/mol. The van der Waals surface area contributed by atoms with Gasteiger partial charge in [-0.25, -0.2) is 4.98 Å². The van der Waals surface area contributed by atoms with Crippen LogP contribution in [0.1, 0.15) is 0 Å². The number of fused-ring (bicyclic) bond motifs is 3. The van der Waals surface area contributed by atoms with Crippen molar-refractivity contribution >= 4 is 21.9 Å². The van der Waals surface area contributed by atoms with Crippen LogP contribution < -0.4 is 0 Å². The molecule has 2 nitrogen and oxygen atoms in total. The first kappa shape index (κ1) is 10.3. The number of aromatic nitrogens is 1. The predicted octanol–water partition coefficient (Wildman–Crippen LogP) is 4.65. The Bertz CT molecular complexity index is 862. The molecule has 0 N–H and O–H groups in total. The van der Waals surface area contributed by atoms with E-state index in [0.717, 1.165) is 16.5 Å². The van der Waals surface area contributed by atoms with Crippen molar-refractivity contribution in [2.24, 2.45) is 0 Å². The smallest absolute Gasteiger partial charge is 0.182 e. The first-order valence-corrected chi connectivity index (χ1v) is 6.24. The van der Waals surface area contributed by atoms with E-state index in [9.17, 15) is 0 Å². The molecule has 0 aliphatic rings. The minimum Gasteiger partial charge on any atom is -0.443 e. The van der Waals surface area contributed by atoms with E-state index in [1.807, 2.05) is 12.1 Å². The van der Waals surface area contributed by atoms with Gasteiger partial charge in [0, 0.05) is 5.39 Å². The maximum atomic E-state index is 5.48. The largest absolute Gasteiger partial charge is 0.443 e. The Kier molecular flexibility index (Phi) is 2.15. The normalized spacial score (nSPS) is 11.2. The van der Waals surface area contributed by atoms with Gasteiger partial charge in [0.15, 0.2) is 12.0 Å². The van der Waals surface area contributed by atoms with Crippen molar-refractivity contribution in [3.8, 4) is 11.1 Å². The van der Waals surface area contributed by atoms with E-state index in [1.165, 1.54) is 22.9 Å². The lowest BCUT2D eigenvalue weighted by Gasteiger charge is -2.07. The highest BCUT2D eigenvalue weighted by atomic mass is 16.3. The molecule has 0 bridgehead atoms. The molecule has 0 amide bonds. The Hall–Kier alpha value is -2.61. The summed E-state index contributed by atoms with van der Waals surface area (Å²) in [6, 6.07) is 20.7. The van der Waals surface area contributed by atoms with E-state index in [-0.39, 0.29) is 0 Å². The van der Waals surface area contributed by atoms with E-state index >= 15 is 0 Å². The topological polar surface area (TPSA) is 26.0 Å². The summed E-state index contributed by atoms with van der Waals surface area (Å²) in [6.07, 6.45) is 1.51. The summed E-state index contributed by atoms with van der Waals surface area (Å²) in [6.45, 7) is 0. The highest BCUT2D eigenvalue weighted by Gasteiger charge is 2.10. The maximum absolute atomic E-state index is 5.48. The molecule has 0 aliphatic carbocycles. The van der Waals surface area contributed by atoms with Gasteiger partial charge in [-0.05, 0) is 22.6 Å². The molecule has 0 spiro atoms. The van der Waals surface area contributed by atoms with Crippen LogP contribution in [0.15, 0.2) is 71.5 Å². The Labute approximate surface area is 110 Å². The molecule has 1 aromatic heterocycles. The van der Waals surface area contributed by atoms with E-state index in [1.54, 1.807) is 0 Å². The highest BCUT2D eigenvalue weighted by molar-refractivity contribution is 6.10. The Morgan fingerprint density at radius 1 is 0.789 bits per heavy atom. The summed E-state index contributed by atoms with van der Waals surface area (Å²) in [5.74, 6) is 0. The minimum atomic E-state index is 0.831.